The maximum Gasteiger partial charge on any atom is 0.260 e. The van der Waals surface area contributed by atoms with E-state index in [4.69, 9.17) is 9.26 Å². The van der Waals surface area contributed by atoms with Gasteiger partial charge in [0.25, 0.3) is 5.91 Å². The van der Waals surface area contributed by atoms with E-state index in [0.29, 0.717) is 24.7 Å². The molecule has 3 aromatic rings. The zero-order chi connectivity index (χ0) is 19.2. The molecular weight excluding hydrogens is 344 g/mol. The Bertz CT molecular complexity index is 909. The Hall–Kier alpha value is -3.22. The van der Waals surface area contributed by atoms with E-state index >= 15 is 0 Å². The number of carbonyl (C=O) groups is 1. The lowest BCUT2D eigenvalue weighted by molar-refractivity contribution is -0.127. The van der Waals surface area contributed by atoms with Crippen molar-refractivity contribution in [3.63, 3.8) is 0 Å². The Labute approximate surface area is 157 Å². The van der Waals surface area contributed by atoms with Crippen LogP contribution in [0.1, 0.15) is 23.9 Å². The number of aromatic nitrogens is 3. The maximum atomic E-state index is 12.2. The normalized spacial score (nSPS) is 11.8. The summed E-state index contributed by atoms with van der Waals surface area (Å²) in [5.41, 5.74) is 2.87. The number of hydrogen-bond donors (Lipinski definition) is 1. The smallest absolute Gasteiger partial charge is 0.260 e. The van der Waals surface area contributed by atoms with Gasteiger partial charge in [0, 0.05) is 30.9 Å². The van der Waals surface area contributed by atoms with Crippen LogP contribution in [0.3, 0.4) is 0 Å². The zero-order valence-corrected chi connectivity index (χ0v) is 15.6. The topological polar surface area (TPSA) is 90.1 Å². The quantitative estimate of drug-likeness (QED) is 0.691. The van der Waals surface area contributed by atoms with Gasteiger partial charge in [-0.2, -0.15) is 4.98 Å². The van der Waals surface area contributed by atoms with Crippen LogP contribution in [0.15, 0.2) is 47.2 Å². The molecule has 3 rings (SSSR count). The van der Waals surface area contributed by atoms with Crippen molar-refractivity contribution < 1.29 is 14.1 Å². The first-order valence-corrected chi connectivity index (χ1v) is 8.77. The summed E-state index contributed by atoms with van der Waals surface area (Å²) in [4.78, 5) is 20.6. The lowest BCUT2D eigenvalue weighted by atomic mass is 10.1. The number of carbonyl (C=O) groups excluding carboxylic acids is 1. The lowest BCUT2D eigenvalue weighted by Crippen LogP contribution is -2.37. The van der Waals surface area contributed by atoms with Crippen molar-refractivity contribution in [2.24, 2.45) is 0 Å². The number of ether oxygens (including phenoxy) is 1. The average Bonchev–Trinajstić information content (AvgIpc) is 3.14. The summed E-state index contributed by atoms with van der Waals surface area (Å²) in [7, 11) is 0. The van der Waals surface area contributed by atoms with E-state index < -0.39 is 6.10 Å². The number of benzene rings is 1. The molecule has 0 radical (unpaired) electrons. The van der Waals surface area contributed by atoms with Crippen molar-refractivity contribution in [2.75, 3.05) is 6.54 Å². The molecule has 0 aliphatic carbocycles. The van der Waals surface area contributed by atoms with Gasteiger partial charge >= 0.3 is 0 Å². The highest BCUT2D eigenvalue weighted by atomic mass is 16.5. The van der Waals surface area contributed by atoms with Crippen LogP contribution in [0.2, 0.25) is 0 Å². The third-order valence-corrected chi connectivity index (χ3v) is 4.04. The van der Waals surface area contributed by atoms with Gasteiger partial charge in [0.2, 0.25) is 11.7 Å². The van der Waals surface area contributed by atoms with Gasteiger partial charge in [0.1, 0.15) is 5.75 Å². The van der Waals surface area contributed by atoms with E-state index in [-0.39, 0.29) is 5.91 Å². The molecule has 7 heteroatoms. The Morgan fingerprint density at radius 2 is 2.15 bits per heavy atom. The molecule has 140 valence electrons. The Balaban J connectivity index is 1.49. The highest BCUT2D eigenvalue weighted by molar-refractivity contribution is 5.80. The second-order valence-electron chi connectivity index (χ2n) is 6.32. The van der Waals surface area contributed by atoms with E-state index in [1.165, 1.54) is 0 Å². The molecule has 0 saturated carbocycles. The molecule has 0 unspecified atom stereocenters. The van der Waals surface area contributed by atoms with Crippen LogP contribution in [-0.4, -0.2) is 33.7 Å². The van der Waals surface area contributed by atoms with Gasteiger partial charge in [0.15, 0.2) is 6.10 Å². The Morgan fingerprint density at radius 3 is 2.93 bits per heavy atom. The van der Waals surface area contributed by atoms with E-state index in [9.17, 15) is 4.79 Å². The molecule has 2 aromatic heterocycles. The number of nitrogens with zero attached hydrogens (tertiary/aromatic N) is 3. The average molecular weight is 366 g/mol. The summed E-state index contributed by atoms with van der Waals surface area (Å²) < 4.78 is 11.0. The summed E-state index contributed by atoms with van der Waals surface area (Å²) in [5, 5.41) is 6.76. The second-order valence-corrected chi connectivity index (χ2v) is 6.32. The minimum Gasteiger partial charge on any atom is -0.481 e. The summed E-state index contributed by atoms with van der Waals surface area (Å²) in [5.74, 6) is 1.46. The van der Waals surface area contributed by atoms with Crippen molar-refractivity contribution in [1.82, 2.24) is 20.4 Å². The molecule has 0 fully saturated rings. The van der Waals surface area contributed by atoms with Crippen LogP contribution in [-0.2, 0) is 11.2 Å². The van der Waals surface area contributed by atoms with Gasteiger partial charge in [-0.05, 0) is 50.1 Å². The molecule has 1 amide bonds. The molecule has 0 saturated heterocycles. The minimum absolute atomic E-state index is 0.192. The highest BCUT2D eigenvalue weighted by Crippen LogP contribution is 2.20. The predicted molar refractivity (Wildman–Crippen MR) is 100 cm³/mol. The fraction of sp³-hybridized carbons (Fsp3) is 0.300. The number of pyridine rings is 1. The molecule has 1 aromatic carbocycles. The van der Waals surface area contributed by atoms with E-state index in [1.54, 1.807) is 19.3 Å². The molecule has 1 N–H and O–H groups in total. The van der Waals surface area contributed by atoms with E-state index in [0.717, 1.165) is 22.4 Å². The summed E-state index contributed by atoms with van der Waals surface area (Å²) >= 11 is 0. The SMILES string of the molecule is Cc1ccc(C)c(O[C@H](C)C(=O)NCCc2nc(-c3cccnc3)no2)c1. The van der Waals surface area contributed by atoms with Crippen LogP contribution in [0.25, 0.3) is 11.4 Å². The van der Waals surface area contributed by atoms with Crippen molar-refractivity contribution in [1.29, 1.82) is 0 Å². The summed E-state index contributed by atoms with van der Waals surface area (Å²) in [6, 6.07) is 9.58. The molecule has 1 atom stereocenters. The van der Waals surface area contributed by atoms with Crippen molar-refractivity contribution >= 4 is 5.91 Å². The van der Waals surface area contributed by atoms with Crippen LogP contribution in [0.4, 0.5) is 0 Å². The van der Waals surface area contributed by atoms with Gasteiger partial charge in [-0.1, -0.05) is 17.3 Å². The van der Waals surface area contributed by atoms with Gasteiger partial charge < -0.3 is 14.6 Å². The fourth-order valence-electron chi connectivity index (χ4n) is 2.48. The number of aryl methyl sites for hydroxylation is 2. The molecule has 0 bridgehead atoms. The molecular formula is C20H22N4O3. The third-order valence-electron chi connectivity index (χ3n) is 4.04. The first kappa shape index (κ1) is 18.6. The summed E-state index contributed by atoms with van der Waals surface area (Å²) in [6.45, 7) is 6.05. The van der Waals surface area contributed by atoms with Crippen molar-refractivity contribution in [3.05, 3.63) is 59.7 Å². The first-order valence-electron chi connectivity index (χ1n) is 8.77. The van der Waals surface area contributed by atoms with E-state index in [1.807, 2.05) is 44.2 Å². The van der Waals surface area contributed by atoms with Crippen LogP contribution in [0.5, 0.6) is 5.75 Å². The monoisotopic (exact) mass is 366 g/mol. The van der Waals surface area contributed by atoms with Crippen molar-refractivity contribution in [3.8, 4) is 17.1 Å². The zero-order valence-electron chi connectivity index (χ0n) is 15.6. The third kappa shape index (κ3) is 4.91. The summed E-state index contributed by atoms with van der Waals surface area (Å²) in [6.07, 6.45) is 3.19. The molecule has 27 heavy (non-hydrogen) atoms. The molecule has 0 aliphatic rings. The lowest BCUT2D eigenvalue weighted by Gasteiger charge is -2.16. The Morgan fingerprint density at radius 1 is 1.30 bits per heavy atom. The van der Waals surface area contributed by atoms with Crippen molar-refractivity contribution in [2.45, 2.75) is 33.3 Å². The molecule has 2 heterocycles. The second kappa shape index (κ2) is 8.44. The number of hydrogen-bond acceptors (Lipinski definition) is 6. The predicted octanol–water partition coefficient (Wildman–Crippen LogP) is 2.87. The molecule has 0 spiro atoms. The highest BCUT2D eigenvalue weighted by Gasteiger charge is 2.16. The number of nitrogens with one attached hydrogen (secondary N) is 1. The Kier molecular flexibility index (Phi) is 5.80. The van der Waals surface area contributed by atoms with Gasteiger partial charge in [-0.25, -0.2) is 0 Å². The molecule has 7 nitrogen and oxygen atoms in total. The largest absolute Gasteiger partial charge is 0.481 e. The van der Waals surface area contributed by atoms with Gasteiger partial charge in [-0.15, -0.1) is 0 Å². The van der Waals surface area contributed by atoms with E-state index in [2.05, 4.69) is 20.4 Å². The van der Waals surface area contributed by atoms with Gasteiger partial charge in [0.05, 0.1) is 0 Å². The van der Waals surface area contributed by atoms with Gasteiger partial charge in [-0.3, -0.25) is 9.78 Å². The fourth-order valence-corrected chi connectivity index (χ4v) is 2.48. The van der Waals surface area contributed by atoms with Crippen LogP contribution >= 0.6 is 0 Å². The minimum atomic E-state index is -0.598. The number of rotatable bonds is 7. The van der Waals surface area contributed by atoms with Crippen LogP contribution in [0, 0.1) is 13.8 Å². The number of amides is 1. The maximum absolute atomic E-state index is 12.2. The molecule has 0 aliphatic heterocycles. The first-order chi connectivity index (χ1) is 13.0. The van der Waals surface area contributed by atoms with Crippen LogP contribution < -0.4 is 10.1 Å². The standard InChI is InChI=1S/C20H22N4O3/c1-13-6-7-14(2)17(11-13)26-15(3)20(25)22-10-8-18-23-19(24-27-18)16-5-4-9-21-12-16/h4-7,9,11-12,15H,8,10H2,1-3H3,(H,22,25)/t15-/m1/s1.